The maximum atomic E-state index is 12.8. The molecule has 0 aliphatic rings. The van der Waals surface area contributed by atoms with Crippen molar-refractivity contribution in [3.05, 3.63) is 80.4 Å². The Kier molecular flexibility index (Phi) is 5.61. The normalized spacial score (nSPS) is 11.5. The van der Waals surface area contributed by atoms with Crippen LogP contribution in [0.1, 0.15) is 40.5 Å². The molecule has 5 N–H and O–H groups in total. The van der Waals surface area contributed by atoms with E-state index in [2.05, 4.69) is 22.1 Å². The number of pyridine rings is 1. The van der Waals surface area contributed by atoms with Crippen LogP contribution in [0.15, 0.2) is 47.4 Å². The van der Waals surface area contributed by atoms with E-state index in [-0.39, 0.29) is 17.8 Å². The lowest BCUT2D eigenvalue weighted by Crippen LogP contribution is -2.13. The summed E-state index contributed by atoms with van der Waals surface area (Å²) in [5.74, 6) is -0.791. The van der Waals surface area contributed by atoms with Gasteiger partial charge in [-0.05, 0) is 60.4 Å². The average molecular weight is 490 g/mol. The number of carboxylic acids is 1. The van der Waals surface area contributed by atoms with Gasteiger partial charge in [-0.2, -0.15) is 5.10 Å². The second-order valence-corrected chi connectivity index (χ2v) is 9.03. The monoisotopic (exact) mass is 489 g/mol. The Bertz CT molecular complexity index is 1680. The number of nitrogen functional groups attached to an aromatic ring is 1. The predicted octanol–water partition coefficient (Wildman–Crippen LogP) is 5.12. The number of aryl methyl sites for hydroxylation is 2. The minimum Gasteiger partial charge on any atom is -0.477 e. The van der Waals surface area contributed by atoms with Crippen molar-refractivity contribution in [2.75, 3.05) is 5.73 Å². The summed E-state index contributed by atoms with van der Waals surface area (Å²) in [6, 6.07) is 10.9. The topological polar surface area (TPSA) is 130 Å². The standard InChI is InChI=1S/C26H24ClN5O3/c1-3-5-14-7-8-20-21(13(14)2)22(16-6-4-9-29-25(16)33)23(26(34)35)32(20)12-15-10-17-19(11-18(15)27)30-31-24(17)28/h4,6-11H,3,5,12H2,1-2H3,(H,29,33)(H,34,35)(H3,28,30,31). The third-order valence-corrected chi connectivity index (χ3v) is 6.85. The van der Waals surface area contributed by atoms with Crippen molar-refractivity contribution in [1.82, 2.24) is 19.7 Å². The summed E-state index contributed by atoms with van der Waals surface area (Å²) in [6.45, 7) is 4.25. The number of rotatable bonds is 6. The molecule has 0 saturated heterocycles. The van der Waals surface area contributed by atoms with Crippen molar-refractivity contribution < 1.29 is 9.90 Å². The van der Waals surface area contributed by atoms with Crippen LogP contribution in [0.3, 0.4) is 0 Å². The minimum atomic E-state index is -1.13. The SMILES string of the molecule is CCCc1ccc2c(c1C)c(-c1ccc[nH]c1=O)c(C(=O)O)n2Cc1cc2c(N)n[nH]c2cc1Cl. The zero-order valence-electron chi connectivity index (χ0n) is 19.3. The van der Waals surface area contributed by atoms with Crippen LogP contribution in [-0.4, -0.2) is 30.8 Å². The molecule has 0 aliphatic carbocycles. The second-order valence-electron chi connectivity index (χ2n) is 8.62. The number of benzene rings is 2. The number of H-pyrrole nitrogens is 2. The Morgan fingerprint density at radius 2 is 2.03 bits per heavy atom. The Hall–Kier alpha value is -4.04. The number of carbonyl (C=O) groups is 1. The molecule has 0 aliphatic heterocycles. The van der Waals surface area contributed by atoms with E-state index >= 15 is 0 Å². The summed E-state index contributed by atoms with van der Waals surface area (Å²) < 4.78 is 1.71. The molecular weight excluding hydrogens is 466 g/mol. The number of nitrogens with zero attached hydrogens (tertiary/aromatic N) is 2. The number of nitrogens with two attached hydrogens (primary N) is 1. The lowest BCUT2D eigenvalue weighted by atomic mass is 9.95. The highest BCUT2D eigenvalue weighted by atomic mass is 35.5. The van der Waals surface area contributed by atoms with Crippen molar-refractivity contribution in [2.24, 2.45) is 0 Å². The Balaban J connectivity index is 1.86. The second kappa shape index (κ2) is 8.63. The van der Waals surface area contributed by atoms with Crippen LogP contribution in [0.5, 0.6) is 0 Å². The molecule has 8 nitrogen and oxygen atoms in total. The Morgan fingerprint density at radius 3 is 2.74 bits per heavy atom. The number of carboxylic acid groups (broad SMARTS) is 1. The van der Waals surface area contributed by atoms with Gasteiger partial charge in [0.1, 0.15) is 5.69 Å². The van der Waals surface area contributed by atoms with Crippen LogP contribution in [-0.2, 0) is 13.0 Å². The molecule has 0 bridgehead atoms. The van der Waals surface area contributed by atoms with E-state index in [0.717, 1.165) is 29.4 Å². The first-order valence-electron chi connectivity index (χ1n) is 11.3. The lowest BCUT2D eigenvalue weighted by molar-refractivity contribution is 0.0687. The van der Waals surface area contributed by atoms with E-state index < -0.39 is 5.97 Å². The van der Waals surface area contributed by atoms with Crippen molar-refractivity contribution in [1.29, 1.82) is 0 Å². The van der Waals surface area contributed by atoms with Gasteiger partial charge in [0, 0.05) is 45.2 Å². The van der Waals surface area contributed by atoms with E-state index in [9.17, 15) is 14.7 Å². The fraction of sp³-hybridized carbons (Fsp3) is 0.192. The van der Waals surface area contributed by atoms with Gasteiger partial charge < -0.3 is 20.4 Å². The summed E-state index contributed by atoms with van der Waals surface area (Å²) in [5.41, 5.74) is 10.6. The number of halogens is 1. The largest absolute Gasteiger partial charge is 0.477 e. The van der Waals surface area contributed by atoms with Gasteiger partial charge in [0.05, 0.1) is 5.52 Å². The maximum Gasteiger partial charge on any atom is 0.353 e. The van der Waals surface area contributed by atoms with Crippen LogP contribution >= 0.6 is 11.6 Å². The number of fused-ring (bicyclic) bond motifs is 2. The summed E-state index contributed by atoms with van der Waals surface area (Å²) in [6.07, 6.45) is 3.33. The third kappa shape index (κ3) is 3.66. The van der Waals surface area contributed by atoms with Crippen LogP contribution in [0.2, 0.25) is 5.02 Å². The zero-order valence-corrected chi connectivity index (χ0v) is 20.0. The summed E-state index contributed by atoms with van der Waals surface area (Å²) in [4.78, 5) is 28.2. The fourth-order valence-corrected chi connectivity index (χ4v) is 5.08. The number of aromatic carboxylic acids is 1. The molecular formula is C26H24ClN5O3. The van der Waals surface area contributed by atoms with Crippen LogP contribution in [0.4, 0.5) is 5.82 Å². The van der Waals surface area contributed by atoms with Gasteiger partial charge in [0.15, 0.2) is 5.82 Å². The smallest absolute Gasteiger partial charge is 0.353 e. The van der Waals surface area contributed by atoms with Gasteiger partial charge >= 0.3 is 5.97 Å². The first-order chi connectivity index (χ1) is 16.8. The highest BCUT2D eigenvalue weighted by Crippen LogP contribution is 2.38. The lowest BCUT2D eigenvalue weighted by Gasteiger charge is -2.12. The third-order valence-electron chi connectivity index (χ3n) is 6.50. The van der Waals surface area contributed by atoms with Gasteiger partial charge in [-0.1, -0.05) is 31.0 Å². The van der Waals surface area contributed by atoms with Crippen molar-refractivity contribution >= 4 is 45.2 Å². The van der Waals surface area contributed by atoms with Gasteiger partial charge in [-0.25, -0.2) is 4.79 Å². The highest BCUT2D eigenvalue weighted by Gasteiger charge is 2.27. The summed E-state index contributed by atoms with van der Waals surface area (Å²) in [5, 5.41) is 19.2. The van der Waals surface area contributed by atoms with E-state index in [1.165, 1.54) is 6.20 Å². The summed E-state index contributed by atoms with van der Waals surface area (Å²) >= 11 is 6.59. The Morgan fingerprint density at radius 1 is 1.23 bits per heavy atom. The van der Waals surface area contributed by atoms with Crippen LogP contribution < -0.4 is 11.3 Å². The molecule has 0 atom stereocenters. The average Bonchev–Trinajstić information content (AvgIpc) is 3.34. The maximum absolute atomic E-state index is 12.8. The molecule has 0 fully saturated rings. The molecule has 0 radical (unpaired) electrons. The van der Waals surface area contributed by atoms with Gasteiger partial charge in [-0.15, -0.1) is 0 Å². The van der Waals surface area contributed by atoms with Crippen LogP contribution in [0, 0.1) is 6.92 Å². The predicted molar refractivity (Wildman–Crippen MR) is 138 cm³/mol. The molecule has 0 amide bonds. The molecule has 178 valence electrons. The molecule has 0 spiro atoms. The van der Waals surface area contributed by atoms with Gasteiger partial charge in [0.2, 0.25) is 0 Å². The first-order valence-corrected chi connectivity index (χ1v) is 11.7. The fourth-order valence-electron chi connectivity index (χ4n) is 4.86. The van der Waals surface area contributed by atoms with Crippen molar-refractivity contribution in [3.8, 4) is 11.1 Å². The number of anilines is 1. The molecule has 2 aromatic carbocycles. The molecule has 0 unspecified atom stereocenters. The van der Waals surface area contributed by atoms with E-state index in [1.54, 1.807) is 22.8 Å². The van der Waals surface area contributed by atoms with Gasteiger partial charge in [-0.3, -0.25) is 9.89 Å². The molecule has 0 saturated carbocycles. The minimum absolute atomic E-state index is 0.0322. The quantitative estimate of drug-likeness (QED) is 0.263. The highest BCUT2D eigenvalue weighted by molar-refractivity contribution is 6.32. The number of hydrogen-bond acceptors (Lipinski definition) is 4. The van der Waals surface area contributed by atoms with E-state index in [4.69, 9.17) is 17.3 Å². The van der Waals surface area contributed by atoms with E-state index in [0.29, 0.717) is 44.0 Å². The number of aromatic amines is 2. The molecule has 35 heavy (non-hydrogen) atoms. The van der Waals surface area contributed by atoms with Crippen molar-refractivity contribution in [3.63, 3.8) is 0 Å². The molecule has 5 aromatic rings. The number of aromatic nitrogens is 4. The van der Waals surface area contributed by atoms with Crippen molar-refractivity contribution in [2.45, 2.75) is 33.2 Å². The number of nitrogens with one attached hydrogen (secondary N) is 2. The number of hydrogen-bond donors (Lipinski definition) is 4. The molecule has 9 heteroatoms. The Labute approximate surface area is 205 Å². The molecule has 3 heterocycles. The van der Waals surface area contributed by atoms with Gasteiger partial charge in [0.25, 0.3) is 5.56 Å². The molecule has 5 rings (SSSR count). The zero-order chi connectivity index (χ0) is 24.9. The van der Waals surface area contributed by atoms with E-state index in [1.807, 2.05) is 25.1 Å². The first kappa shape index (κ1) is 22.7. The molecule has 3 aromatic heterocycles. The van der Waals surface area contributed by atoms with Crippen LogP contribution in [0.25, 0.3) is 32.9 Å². The summed E-state index contributed by atoms with van der Waals surface area (Å²) in [7, 11) is 0.